The highest BCUT2D eigenvalue weighted by Crippen LogP contribution is 2.27. The lowest BCUT2D eigenvalue weighted by molar-refractivity contribution is 1.02. The molecular formula is C14H23NSi. The standard InChI is InChI=1S/C14H23NSi/c1-6-13(7-2)15(16(3,4)5)14-11-9-8-10-12-14/h6,8-12H,7H2,1-5H3/b13-6-. The number of hydrogen-bond donors (Lipinski definition) is 0. The third kappa shape index (κ3) is 2.98. The summed E-state index contributed by atoms with van der Waals surface area (Å²) in [7, 11) is -1.37. The first-order valence-electron chi connectivity index (χ1n) is 6.01. The van der Waals surface area contributed by atoms with Gasteiger partial charge in [0.1, 0.15) is 0 Å². The van der Waals surface area contributed by atoms with E-state index in [-0.39, 0.29) is 0 Å². The minimum Gasteiger partial charge on any atom is -0.373 e. The van der Waals surface area contributed by atoms with Gasteiger partial charge < -0.3 is 4.57 Å². The minimum absolute atomic E-state index is 1.09. The first-order valence-corrected chi connectivity index (χ1v) is 9.46. The molecule has 0 aliphatic rings. The molecule has 0 aliphatic heterocycles. The first-order chi connectivity index (χ1) is 7.50. The molecule has 2 heteroatoms. The lowest BCUT2D eigenvalue weighted by atomic mass is 10.2. The van der Waals surface area contributed by atoms with Gasteiger partial charge in [-0.05, 0) is 25.5 Å². The number of anilines is 1. The molecule has 0 saturated carbocycles. The SMILES string of the molecule is C/C=C(/CC)N(c1ccccc1)[Si](C)(C)C. The van der Waals surface area contributed by atoms with Crippen molar-refractivity contribution in [2.75, 3.05) is 4.57 Å². The number of para-hydroxylation sites is 1. The first kappa shape index (κ1) is 13.0. The van der Waals surface area contributed by atoms with E-state index < -0.39 is 8.24 Å². The van der Waals surface area contributed by atoms with Crippen LogP contribution in [0.15, 0.2) is 42.1 Å². The molecule has 1 rings (SSSR count). The number of nitrogens with zero attached hydrogens (tertiary/aromatic N) is 1. The Bertz CT molecular complexity index is 349. The Hall–Kier alpha value is -1.02. The average molecular weight is 233 g/mol. The van der Waals surface area contributed by atoms with Gasteiger partial charge in [-0.15, -0.1) is 0 Å². The van der Waals surface area contributed by atoms with E-state index in [0.717, 1.165) is 6.42 Å². The molecule has 1 nitrogen and oxygen atoms in total. The Morgan fingerprint density at radius 1 is 1.19 bits per heavy atom. The van der Waals surface area contributed by atoms with Gasteiger partial charge in [0, 0.05) is 11.4 Å². The Labute approximate surface area is 101 Å². The van der Waals surface area contributed by atoms with Gasteiger partial charge in [0.25, 0.3) is 0 Å². The van der Waals surface area contributed by atoms with Crippen molar-refractivity contribution in [2.45, 2.75) is 39.9 Å². The molecule has 0 amide bonds. The van der Waals surface area contributed by atoms with Gasteiger partial charge in [-0.25, -0.2) is 0 Å². The van der Waals surface area contributed by atoms with Crippen LogP contribution in [0, 0.1) is 0 Å². The largest absolute Gasteiger partial charge is 0.373 e. The van der Waals surface area contributed by atoms with Gasteiger partial charge >= 0.3 is 0 Å². The summed E-state index contributed by atoms with van der Waals surface area (Å²) < 4.78 is 2.55. The number of allylic oxidation sites excluding steroid dienone is 2. The highest BCUT2D eigenvalue weighted by atomic mass is 28.3. The van der Waals surface area contributed by atoms with Crippen LogP contribution in [0.4, 0.5) is 5.69 Å². The van der Waals surface area contributed by atoms with E-state index in [2.05, 4.69) is 74.5 Å². The van der Waals surface area contributed by atoms with Crippen molar-refractivity contribution in [3.8, 4) is 0 Å². The summed E-state index contributed by atoms with van der Waals surface area (Å²) in [5, 5.41) is 0. The number of rotatable bonds is 4. The van der Waals surface area contributed by atoms with Crippen molar-refractivity contribution in [2.24, 2.45) is 0 Å². The molecule has 88 valence electrons. The van der Waals surface area contributed by atoms with Crippen LogP contribution >= 0.6 is 0 Å². The van der Waals surface area contributed by atoms with Crippen LogP contribution in [0.5, 0.6) is 0 Å². The van der Waals surface area contributed by atoms with E-state index in [1.54, 1.807) is 0 Å². The van der Waals surface area contributed by atoms with E-state index in [9.17, 15) is 0 Å². The molecule has 16 heavy (non-hydrogen) atoms. The Kier molecular flexibility index (Phi) is 4.36. The molecule has 0 atom stereocenters. The van der Waals surface area contributed by atoms with Crippen molar-refractivity contribution >= 4 is 13.9 Å². The average Bonchev–Trinajstić information content (AvgIpc) is 2.25. The van der Waals surface area contributed by atoms with Gasteiger partial charge in [0.2, 0.25) is 0 Å². The molecule has 0 N–H and O–H groups in total. The highest BCUT2D eigenvalue weighted by Gasteiger charge is 2.26. The molecule has 1 aromatic rings. The van der Waals surface area contributed by atoms with Crippen molar-refractivity contribution in [3.05, 3.63) is 42.1 Å². The second-order valence-corrected chi connectivity index (χ2v) is 9.76. The topological polar surface area (TPSA) is 3.24 Å². The van der Waals surface area contributed by atoms with E-state index in [0.29, 0.717) is 0 Å². The number of benzene rings is 1. The Balaban J connectivity index is 3.17. The smallest absolute Gasteiger partial charge is 0.153 e. The highest BCUT2D eigenvalue weighted by molar-refractivity contribution is 6.80. The van der Waals surface area contributed by atoms with Gasteiger partial charge in [0.15, 0.2) is 8.24 Å². The second-order valence-electron chi connectivity index (χ2n) is 4.98. The molecule has 0 saturated heterocycles. The molecule has 0 unspecified atom stereocenters. The van der Waals surface area contributed by atoms with Gasteiger partial charge in [-0.3, -0.25) is 0 Å². The maximum absolute atomic E-state index is 2.55. The van der Waals surface area contributed by atoms with E-state index in [1.165, 1.54) is 11.4 Å². The molecule has 0 radical (unpaired) electrons. The van der Waals surface area contributed by atoms with Crippen LogP contribution in [0.1, 0.15) is 20.3 Å². The summed E-state index contributed by atoms with van der Waals surface area (Å²) in [6, 6.07) is 10.7. The van der Waals surface area contributed by atoms with Crippen molar-refractivity contribution in [1.29, 1.82) is 0 Å². The second kappa shape index (κ2) is 5.35. The van der Waals surface area contributed by atoms with E-state index in [1.807, 2.05) is 0 Å². The van der Waals surface area contributed by atoms with Gasteiger partial charge in [-0.1, -0.05) is 50.8 Å². The lowest BCUT2D eigenvalue weighted by Gasteiger charge is -2.38. The van der Waals surface area contributed by atoms with Crippen molar-refractivity contribution < 1.29 is 0 Å². The molecular weight excluding hydrogens is 210 g/mol. The molecule has 0 fully saturated rings. The fourth-order valence-corrected chi connectivity index (χ4v) is 4.12. The fraction of sp³-hybridized carbons (Fsp3) is 0.429. The summed E-state index contributed by atoms with van der Waals surface area (Å²) in [6.07, 6.45) is 3.33. The van der Waals surface area contributed by atoms with E-state index in [4.69, 9.17) is 0 Å². The van der Waals surface area contributed by atoms with Crippen LogP contribution in [0.25, 0.3) is 0 Å². The fourth-order valence-electron chi connectivity index (χ4n) is 2.05. The van der Waals surface area contributed by atoms with Crippen LogP contribution in [0.2, 0.25) is 19.6 Å². The van der Waals surface area contributed by atoms with Gasteiger partial charge in [0.05, 0.1) is 0 Å². The maximum Gasteiger partial charge on any atom is 0.153 e. The molecule has 0 bridgehead atoms. The predicted molar refractivity (Wildman–Crippen MR) is 76.3 cm³/mol. The summed E-state index contributed by atoms with van der Waals surface area (Å²) >= 11 is 0. The van der Waals surface area contributed by atoms with Crippen LogP contribution < -0.4 is 4.57 Å². The Morgan fingerprint density at radius 2 is 1.75 bits per heavy atom. The molecule has 0 aromatic heterocycles. The third-order valence-electron chi connectivity index (χ3n) is 2.67. The third-order valence-corrected chi connectivity index (χ3v) is 4.55. The normalized spacial score (nSPS) is 12.7. The quantitative estimate of drug-likeness (QED) is 0.685. The number of hydrogen-bond acceptors (Lipinski definition) is 1. The summed E-state index contributed by atoms with van der Waals surface area (Å²) in [6.45, 7) is 11.5. The molecule has 1 aromatic carbocycles. The lowest BCUT2D eigenvalue weighted by Crippen LogP contribution is -2.45. The van der Waals surface area contributed by atoms with Gasteiger partial charge in [-0.2, -0.15) is 0 Å². The predicted octanol–water partition coefficient (Wildman–Crippen LogP) is 4.64. The molecule has 0 heterocycles. The monoisotopic (exact) mass is 233 g/mol. The van der Waals surface area contributed by atoms with E-state index >= 15 is 0 Å². The Morgan fingerprint density at radius 3 is 2.12 bits per heavy atom. The van der Waals surface area contributed by atoms with Crippen LogP contribution in [-0.2, 0) is 0 Å². The summed E-state index contributed by atoms with van der Waals surface area (Å²) in [5.74, 6) is 0. The van der Waals surface area contributed by atoms with Crippen LogP contribution in [0.3, 0.4) is 0 Å². The van der Waals surface area contributed by atoms with Crippen LogP contribution in [-0.4, -0.2) is 8.24 Å². The molecule has 0 spiro atoms. The maximum atomic E-state index is 2.55. The van der Waals surface area contributed by atoms with Crippen molar-refractivity contribution in [1.82, 2.24) is 0 Å². The van der Waals surface area contributed by atoms with Crippen molar-refractivity contribution in [3.63, 3.8) is 0 Å². The minimum atomic E-state index is -1.37. The summed E-state index contributed by atoms with van der Waals surface area (Å²) in [4.78, 5) is 0. The zero-order chi connectivity index (χ0) is 12.2. The zero-order valence-electron chi connectivity index (χ0n) is 11.1. The zero-order valence-corrected chi connectivity index (χ0v) is 12.1. The summed E-state index contributed by atoms with van der Waals surface area (Å²) in [5.41, 5.74) is 2.77. The molecule has 0 aliphatic carbocycles.